The molecule has 1 N–H and O–H groups in total. The monoisotopic (exact) mass is 395 g/mol. The molecule has 0 bridgehead atoms. The first-order valence-electron chi connectivity index (χ1n) is 7.11. The van der Waals surface area contributed by atoms with Crippen LogP contribution in [0.1, 0.15) is 31.9 Å². The Bertz CT molecular complexity index is 600. The van der Waals surface area contributed by atoms with E-state index in [0.717, 1.165) is 18.0 Å². The van der Waals surface area contributed by atoms with Crippen molar-refractivity contribution in [3.05, 3.63) is 57.2 Å². The van der Waals surface area contributed by atoms with Crippen molar-refractivity contribution < 1.29 is 4.74 Å². The molecule has 2 aromatic carbocycles. The highest BCUT2D eigenvalue weighted by Crippen LogP contribution is 2.24. The summed E-state index contributed by atoms with van der Waals surface area (Å²) in [6.45, 7) is 9.53. The molecule has 112 valence electrons. The number of rotatable bonds is 4. The second-order valence-electron chi connectivity index (χ2n) is 6.25. The first-order chi connectivity index (χ1) is 9.83. The molecule has 0 spiro atoms. The van der Waals surface area contributed by atoms with Crippen molar-refractivity contribution in [2.24, 2.45) is 0 Å². The second kappa shape index (κ2) is 6.79. The van der Waals surface area contributed by atoms with Crippen LogP contribution in [-0.2, 0) is 6.54 Å². The molecule has 0 aliphatic rings. The SMILES string of the molecule is Cc1cc(Oc2ccc(I)cc2)ccc1CNC(C)(C)C. The Hall–Kier alpha value is -1.07. The maximum atomic E-state index is 5.89. The third kappa shape index (κ3) is 5.32. The molecule has 0 amide bonds. The van der Waals surface area contributed by atoms with Gasteiger partial charge in [-0.25, -0.2) is 0 Å². The van der Waals surface area contributed by atoms with Crippen molar-refractivity contribution in [1.82, 2.24) is 5.32 Å². The van der Waals surface area contributed by atoms with Gasteiger partial charge in [-0.05, 0) is 97.8 Å². The standard InChI is InChI=1S/C18H22INO/c1-13-11-17(21-16-9-6-15(19)7-10-16)8-5-14(13)12-20-18(2,3)4/h5-11,20H,12H2,1-4H3. The highest BCUT2D eigenvalue weighted by molar-refractivity contribution is 14.1. The molecule has 3 heteroatoms. The van der Waals surface area contributed by atoms with Gasteiger partial charge in [0.15, 0.2) is 0 Å². The lowest BCUT2D eigenvalue weighted by Gasteiger charge is -2.21. The minimum absolute atomic E-state index is 0.128. The summed E-state index contributed by atoms with van der Waals surface area (Å²) in [6.07, 6.45) is 0. The Morgan fingerprint density at radius 2 is 1.62 bits per heavy atom. The average molecular weight is 395 g/mol. The normalized spacial score (nSPS) is 11.5. The molecule has 0 unspecified atom stereocenters. The maximum absolute atomic E-state index is 5.89. The maximum Gasteiger partial charge on any atom is 0.127 e. The second-order valence-corrected chi connectivity index (χ2v) is 7.49. The molecular weight excluding hydrogens is 373 g/mol. The van der Waals surface area contributed by atoms with Crippen molar-refractivity contribution in [3.8, 4) is 11.5 Å². The third-order valence-corrected chi connectivity index (χ3v) is 3.89. The number of hydrogen-bond donors (Lipinski definition) is 1. The minimum atomic E-state index is 0.128. The van der Waals surface area contributed by atoms with Gasteiger partial charge in [-0.2, -0.15) is 0 Å². The fourth-order valence-electron chi connectivity index (χ4n) is 1.93. The van der Waals surface area contributed by atoms with Gasteiger partial charge in [-0.15, -0.1) is 0 Å². The Morgan fingerprint density at radius 3 is 2.19 bits per heavy atom. The molecular formula is C18H22INO. The smallest absolute Gasteiger partial charge is 0.127 e. The van der Waals surface area contributed by atoms with E-state index in [1.54, 1.807) is 0 Å². The average Bonchev–Trinajstić information content (AvgIpc) is 2.39. The first kappa shape index (κ1) is 16.3. The van der Waals surface area contributed by atoms with E-state index in [1.165, 1.54) is 14.7 Å². The zero-order valence-corrected chi connectivity index (χ0v) is 15.2. The topological polar surface area (TPSA) is 21.3 Å². The first-order valence-corrected chi connectivity index (χ1v) is 8.19. The highest BCUT2D eigenvalue weighted by Gasteiger charge is 2.10. The molecule has 2 rings (SSSR count). The van der Waals surface area contributed by atoms with E-state index in [4.69, 9.17) is 4.74 Å². The van der Waals surface area contributed by atoms with Gasteiger partial charge in [0, 0.05) is 15.7 Å². The summed E-state index contributed by atoms with van der Waals surface area (Å²) >= 11 is 2.29. The van der Waals surface area contributed by atoms with Crippen LogP contribution in [0.4, 0.5) is 0 Å². The fourth-order valence-corrected chi connectivity index (χ4v) is 2.29. The quantitative estimate of drug-likeness (QED) is 0.712. The Kier molecular flexibility index (Phi) is 5.27. The summed E-state index contributed by atoms with van der Waals surface area (Å²) < 4.78 is 7.10. The number of ether oxygens (including phenoxy) is 1. The van der Waals surface area contributed by atoms with Crippen LogP contribution in [0.3, 0.4) is 0 Å². The Labute approximate surface area is 141 Å². The van der Waals surface area contributed by atoms with Gasteiger partial charge in [0.25, 0.3) is 0 Å². The Morgan fingerprint density at radius 1 is 1.00 bits per heavy atom. The summed E-state index contributed by atoms with van der Waals surface area (Å²) in [5.41, 5.74) is 2.68. The van der Waals surface area contributed by atoms with Crippen LogP contribution < -0.4 is 10.1 Å². The summed E-state index contributed by atoms with van der Waals surface area (Å²) in [5.74, 6) is 1.75. The largest absolute Gasteiger partial charge is 0.457 e. The van der Waals surface area contributed by atoms with Gasteiger partial charge in [0.1, 0.15) is 11.5 Å². The van der Waals surface area contributed by atoms with Crippen molar-refractivity contribution >= 4 is 22.6 Å². The van der Waals surface area contributed by atoms with Gasteiger partial charge < -0.3 is 10.1 Å². The van der Waals surface area contributed by atoms with Crippen LogP contribution in [0.2, 0.25) is 0 Å². The van der Waals surface area contributed by atoms with Crippen LogP contribution in [0.25, 0.3) is 0 Å². The number of halogens is 1. The van der Waals surface area contributed by atoms with E-state index >= 15 is 0 Å². The summed E-state index contributed by atoms with van der Waals surface area (Å²) in [4.78, 5) is 0. The lowest BCUT2D eigenvalue weighted by Crippen LogP contribution is -2.35. The number of aryl methyl sites for hydroxylation is 1. The molecule has 2 nitrogen and oxygen atoms in total. The number of hydrogen-bond acceptors (Lipinski definition) is 2. The van der Waals surface area contributed by atoms with Gasteiger partial charge in [-0.3, -0.25) is 0 Å². The van der Waals surface area contributed by atoms with E-state index < -0.39 is 0 Å². The zero-order valence-electron chi connectivity index (χ0n) is 13.0. The van der Waals surface area contributed by atoms with E-state index in [0.29, 0.717) is 0 Å². The van der Waals surface area contributed by atoms with Crippen LogP contribution in [0.15, 0.2) is 42.5 Å². The van der Waals surface area contributed by atoms with Crippen LogP contribution in [0, 0.1) is 10.5 Å². The van der Waals surface area contributed by atoms with E-state index in [2.05, 4.69) is 67.7 Å². The van der Waals surface area contributed by atoms with E-state index in [9.17, 15) is 0 Å². The van der Waals surface area contributed by atoms with Gasteiger partial charge in [0.2, 0.25) is 0 Å². The van der Waals surface area contributed by atoms with Crippen molar-refractivity contribution in [3.63, 3.8) is 0 Å². The zero-order chi connectivity index (χ0) is 15.5. The fraction of sp³-hybridized carbons (Fsp3) is 0.333. The highest BCUT2D eigenvalue weighted by atomic mass is 127. The van der Waals surface area contributed by atoms with Gasteiger partial charge >= 0.3 is 0 Å². The lowest BCUT2D eigenvalue weighted by molar-refractivity contribution is 0.423. The summed E-state index contributed by atoms with van der Waals surface area (Å²) in [7, 11) is 0. The molecule has 0 saturated heterocycles. The molecule has 0 aliphatic carbocycles. The van der Waals surface area contributed by atoms with Crippen LogP contribution >= 0.6 is 22.6 Å². The molecule has 2 aromatic rings. The molecule has 0 atom stereocenters. The van der Waals surface area contributed by atoms with E-state index in [1.807, 2.05) is 30.3 Å². The van der Waals surface area contributed by atoms with Gasteiger partial charge in [-0.1, -0.05) is 6.07 Å². The molecule has 0 heterocycles. The Balaban J connectivity index is 2.06. The summed E-state index contributed by atoms with van der Waals surface area (Å²) in [6, 6.07) is 14.3. The van der Waals surface area contributed by atoms with Crippen molar-refractivity contribution in [1.29, 1.82) is 0 Å². The molecule has 0 saturated carbocycles. The van der Waals surface area contributed by atoms with Gasteiger partial charge in [0.05, 0.1) is 0 Å². The minimum Gasteiger partial charge on any atom is -0.457 e. The molecule has 0 fully saturated rings. The van der Waals surface area contributed by atoms with Crippen LogP contribution in [-0.4, -0.2) is 5.54 Å². The molecule has 21 heavy (non-hydrogen) atoms. The van der Waals surface area contributed by atoms with Crippen molar-refractivity contribution in [2.45, 2.75) is 39.8 Å². The lowest BCUT2D eigenvalue weighted by atomic mass is 10.1. The number of benzene rings is 2. The molecule has 0 radical (unpaired) electrons. The predicted octanol–water partition coefficient (Wildman–Crippen LogP) is 5.28. The predicted molar refractivity (Wildman–Crippen MR) is 97.0 cm³/mol. The van der Waals surface area contributed by atoms with Crippen LogP contribution in [0.5, 0.6) is 11.5 Å². The molecule has 0 aliphatic heterocycles. The van der Waals surface area contributed by atoms with E-state index in [-0.39, 0.29) is 5.54 Å². The summed E-state index contributed by atoms with van der Waals surface area (Å²) in [5, 5.41) is 3.51. The number of nitrogens with one attached hydrogen (secondary N) is 1. The third-order valence-electron chi connectivity index (χ3n) is 3.17. The van der Waals surface area contributed by atoms with Crippen molar-refractivity contribution in [2.75, 3.05) is 0 Å². The molecule has 0 aromatic heterocycles.